The van der Waals surface area contributed by atoms with Crippen molar-refractivity contribution in [2.24, 2.45) is 0 Å². The molecule has 1 aromatic rings. The smallest absolute Gasteiger partial charge is 0.0715 e. The van der Waals surface area contributed by atoms with Crippen LogP contribution in [0.2, 0.25) is 0 Å². The second-order valence-corrected chi connectivity index (χ2v) is 5.40. The molecule has 0 radical (unpaired) electrons. The van der Waals surface area contributed by atoms with Crippen LogP contribution in [0.1, 0.15) is 25.0 Å². The van der Waals surface area contributed by atoms with E-state index < -0.39 is 5.60 Å². The maximum Gasteiger partial charge on any atom is 0.0715 e. The highest BCUT2D eigenvalue weighted by Gasteiger charge is 2.11. The molecule has 0 saturated carbocycles. The van der Waals surface area contributed by atoms with Gasteiger partial charge in [-0.05, 0) is 44.0 Å². The Morgan fingerprint density at radius 3 is 2.60 bits per heavy atom. The van der Waals surface area contributed by atoms with Crippen LogP contribution in [0, 0.1) is 6.92 Å². The van der Waals surface area contributed by atoms with Gasteiger partial charge in [-0.1, -0.05) is 22.0 Å². The lowest BCUT2D eigenvalue weighted by molar-refractivity contribution is 0.0795. The fourth-order valence-electron chi connectivity index (χ4n) is 1.36. The first kappa shape index (κ1) is 12.7. The van der Waals surface area contributed by atoms with Gasteiger partial charge in [0.05, 0.1) is 5.60 Å². The third-order valence-corrected chi connectivity index (χ3v) is 2.67. The summed E-state index contributed by atoms with van der Waals surface area (Å²) in [6.45, 7) is 7.08. The van der Waals surface area contributed by atoms with Crippen LogP contribution in [0.5, 0.6) is 0 Å². The van der Waals surface area contributed by atoms with E-state index >= 15 is 0 Å². The Balaban J connectivity index is 2.51. The number of aliphatic hydroxyl groups is 1. The first-order valence-electron chi connectivity index (χ1n) is 5.06. The van der Waals surface area contributed by atoms with E-state index in [2.05, 4.69) is 40.3 Å². The molecule has 3 heteroatoms. The number of halogens is 1. The van der Waals surface area contributed by atoms with Gasteiger partial charge >= 0.3 is 0 Å². The third-order valence-electron chi connectivity index (χ3n) is 2.18. The SMILES string of the molecule is Cc1cc(Br)ccc1CNCC(C)(C)O. The van der Waals surface area contributed by atoms with Crippen LogP contribution in [0.15, 0.2) is 22.7 Å². The van der Waals surface area contributed by atoms with Gasteiger partial charge in [0.1, 0.15) is 0 Å². The quantitative estimate of drug-likeness (QED) is 0.883. The van der Waals surface area contributed by atoms with E-state index in [9.17, 15) is 5.11 Å². The lowest BCUT2D eigenvalue weighted by Gasteiger charge is -2.18. The average Bonchev–Trinajstić information content (AvgIpc) is 2.07. The van der Waals surface area contributed by atoms with Crippen LogP contribution < -0.4 is 5.32 Å². The molecule has 0 aliphatic heterocycles. The molecule has 0 bridgehead atoms. The standard InChI is InChI=1S/C12H18BrNO/c1-9-6-11(13)5-4-10(9)7-14-8-12(2,3)15/h4-6,14-15H,7-8H2,1-3H3. The zero-order valence-corrected chi connectivity index (χ0v) is 11.1. The van der Waals surface area contributed by atoms with Crippen LogP contribution >= 0.6 is 15.9 Å². The number of hydrogen-bond acceptors (Lipinski definition) is 2. The first-order valence-corrected chi connectivity index (χ1v) is 5.86. The zero-order chi connectivity index (χ0) is 11.5. The Morgan fingerprint density at radius 1 is 1.40 bits per heavy atom. The van der Waals surface area contributed by atoms with Crippen LogP contribution in [0.3, 0.4) is 0 Å². The summed E-state index contributed by atoms with van der Waals surface area (Å²) >= 11 is 3.44. The van der Waals surface area contributed by atoms with Gasteiger partial charge in [-0.2, -0.15) is 0 Å². The minimum Gasteiger partial charge on any atom is -0.389 e. The Bertz CT molecular complexity index is 331. The van der Waals surface area contributed by atoms with Crippen LogP contribution in [0.4, 0.5) is 0 Å². The van der Waals surface area contributed by atoms with Gasteiger partial charge in [-0.25, -0.2) is 0 Å². The summed E-state index contributed by atoms with van der Waals surface area (Å²) in [4.78, 5) is 0. The molecule has 2 N–H and O–H groups in total. The van der Waals surface area contributed by atoms with E-state index in [1.54, 1.807) is 13.8 Å². The van der Waals surface area contributed by atoms with Crippen molar-refractivity contribution < 1.29 is 5.11 Å². The molecule has 0 aliphatic carbocycles. The monoisotopic (exact) mass is 271 g/mol. The van der Waals surface area contributed by atoms with Gasteiger partial charge in [-0.15, -0.1) is 0 Å². The van der Waals surface area contributed by atoms with Crippen LogP contribution in [0.25, 0.3) is 0 Å². The van der Waals surface area contributed by atoms with Gasteiger partial charge in [0.15, 0.2) is 0 Å². The maximum absolute atomic E-state index is 9.54. The normalized spacial score (nSPS) is 11.8. The maximum atomic E-state index is 9.54. The summed E-state index contributed by atoms with van der Waals surface area (Å²) < 4.78 is 1.10. The molecular formula is C12H18BrNO. The van der Waals surface area contributed by atoms with Crippen molar-refractivity contribution in [3.05, 3.63) is 33.8 Å². The second kappa shape index (κ2) is 5.10. The summed E-state index contributed by atoms with van der Waals surface area (Å²) in [5, 5.41) is 12.8. The zero-order valence-electron chi connectivity index (χ0n) is 9.47. The molecule has 0 unspecified atom stereocenters. The number of rotatable bonds is 4. The van der Waals surface area contributed by atoms with E-state index in [0.29, 0.717) is 6.54 Å². The topological polar surface area (TPSA) is 32.3 Å². The highest BCUT2D eigenvalue weighted by atomic mass is 79.9. The van der Waals surface area contributed by atoms with Gasteiger partial charge in [-0.3, -0.25) is 0 Å². The summed E-state index contributed by atoms with van der Waals surface area (Å²) in [5.74, 6) is 0. The fourth-order valence-corrected chi connectivity index (χ4v) is 1.84. The summed E-state index contributed by atoms with van der Waals surface area (Å²) in [5.41, 5.74) is 1.87. The molecule has 0 fully saturated rings. The third kappa shape index (κ3) is 4.78. The molecule has 84 valence electrons. The summed E-state index contributed by atoms with van der Waals surface area (Å²) in [7, 11) is 0. The lowest BCUT2D eigenvalue weighted by atomic mass is 10.1. The van der Waals surface area contributed by atoms with Crippen molar-refractivity contribution in [3.8, 4) is 0 Å². The minimum atomic E-state index is -0.650. The molecule has 0 saturated heterocycles. The first-order chi connectivity index (χ1) is 6.88. The van der Waals surface area contributed by atoms with E-state index in [-0.39, 0.29) is 0 Å². The van der Waals surface area contributed by atoms with E-state index in [1.165, 1.54) is 11.1 Å². The Labute approximate surface area is 99.8 Å². The molecule has 0 spiro atoms. The largest absolute Gasteiger partial charge is 0.389 e. The number of benzene rings is 1. The highest BCUT2D eigenvalue weighted by molar-refractivity contribution is 9.10. The Hall–Kier alpha value is -0.380. The molecule has 0 aromatic heterocycles. The Morgan fingerprint density at radius 2 is 2.07 bits per heavy atom. The van der Waals surface area contributed by atoms with Crippen molar-refractivity contribution in [2.45, 2.75) is 32.9 Å². The molecule has 1 aromatic carbocycles. The summed E-state index contributed by atoms with van der Waals surface area (Å²) in [6, 6.07) is 6.23. The predicted molar refractivity (Wildman–Crippen MR) is 66.9 cm³/mol. The molecule has 0 heterocycles. The lowest BCUT2D eigenvalue weighted by Crippen LogP contribution is -2.34. The van der Waals surface area contributed by atoms with Gasteiger partial charge in [0.2, 0.25) is 0 Å². The van der Waals surface area contributed by atoms with Crippen LogP contribution in [-0.2, 0) is 6.54 Å². The van der Waals surface area contributed by atoms with E-state index in [1.807, 2.05) is 6.07 Å². The van der Waals surface area contributed by atoms with Crippen molar-refractivity contribution in [3.63, 3.8) is 0 Å². The molecular weight excluding hydrogens is 254 g/mol. The van der Waals surface area contributed by atoms with Crippen molar-refractivity contribution in [2.75, 3.05) is 6.54 Å². The predicted octanol–water partition coefficient (Wildman–Crippen LogP) is 2.62. The average molecular weight is 272 g/mol. The molecule has 1 rings (SSSR count). The molecule has 0 amide bonds. The van der Waals surface area contributed by atoms with E-state index in [0.717, 1.165) is 11.0 Å². The van der Waals surface area contributed by atoms with Gasteiger partial charge in [0.25, 0.3) is 0 Å². The molecule has 2 nitrogen and oxygen atoms in total. The molecule has 0 aliphatic rings. The van der Waals surface area contributed by atoms with Crippen molar-refractivity contribution in [1.82, 2.24) is 5.32 Å². The Kier molecular flexibility index (Phi) is 4.32. The highest BCUT2D eigenvalue weighted by Crippen LogP contribution is 2.15. The number of nitrogens with one attached hydrogen (secondary N) is 1. The minimum absolute atomic E-state index is 0.600. The van der Waals surface area contributed by atoms with Crippen LogP contribution in [-0.4, -0.2) is 17.3 Å². The number of aryl methyl sites for hydroxylation is 1. The van der Waals surface area contributed by atoms with Gasteiger partial charge in [0, 0.05) is 17.6 Å². The fraction of sp³-hybridized carbons (Fsp3) is 0.500. The second-order valence-electron chi connectivity index (χ2n) is 4.49. The van der Waals surface area contributed by atoms with Crippen molar-refractivity contribution >= 4 is 15.9 Å². The number of hydrogen-bond donors (Lipinski definition) is 2. The molecule has 0 atom stereocenters. The van der Waals surface area contributed by atoms with Gasteiger partial charge < -0.3 is 10.4 Å². The van der Waals surface area contributed by atoms with E-state index in [4.69, 9.17) is 0 Å². The summed E-state index contributed by atoms with van der Waals surface area (Å²) in [6.07, 6.45) is 0. The molecule has 15 heavy (non-hydrogen) atoms. The van der Waals surface area contributed by atoms with Crippen molar-refractivity contribution in [1.29, 1.82) is 0 Å².